The highest BCUT2D eigenvalue weighted by Crippen LogP contribution is 2.34. The van der Waals surface area contributed by atoms with Crippen LogP contribution in [0.3, 0.4) is 0 Å². The van der Waals surface area contributed by atoms with Gasteiger partial charge in [0.1, 0.15) is 6.10 Å². The van der Waals surface area contributed by atoms with E-state index < -0.39 is 6.10 Å². The maximum Gasteiger partial charge on any atom is 0.334 e. The molecule has 0 bridgehead atoms. The molecule has 0 spiro atoms. The van der Waals surface area contributed by atoms with Gasteiger partial charge in [0, 0.05) is 51.8 Å². The Morgan fingerprint density at radius 2 is 1.42 bits per heavy atom. The van der Waals surface area contributed by atoms with Crippen molar-refractivity contribution in [1.29, 1.82) is 0 Å². The SMILES string of the molecule is COC(=O)C(C)OC.COC(C)c1nc(-c2ccc3c(c2)CC[C@H]3NC(=O)c2cnn(C)c2)no1.Cn1cc(C(=O)N[C@@H]2CCc3cc(/C(N)=N/O)ccc32)cn1. The van der Waals surface area contributed by atoms with Crippen LogP contribution in [0.1, 0.15) is 99.3 Å². The summed E-state index contributed by atoms with van der Waals surface area (Å²) in [5.74, 6) is 0.500. The number of methoxy groups -OCH3 is 3. The minimum absolute atomic E-state index is 0.00361. The molecule has 3 heterocycles. The van der Waals surface area contributed by atoms with Gasteiger partial charge in [0.05, 0.1) is 42.7 Å². The lowest BCUT2D eigenvalue weighted by Crippen LogP contribution is -2.26. The number of hydrogen-bond donors (Lipinski definition) is 4. The second-order valence-electron chi connectivity index (χ2n) is 13.5. The van der Waals surface area contributed by atoms with Gasteiger partial charge < -0.3 is 40.3 Å². The van der Waals surface area contributed by atoms with Crippen LogP contribution in [0.25, 0.3) is 11.4 Å². The van der Waals surface area contributed by atoms with Gasteiger partial charge in [-0.2, -0.15) is 15.2 Å². The molecule has 2 aromatic carbocycles. The first-order valence-electron chi connectivity index (χ1n) is 18.2. The molecule has 0 saturated carbocycles. The van der Waals surface area contributed by atoms with Crippen LogP contribution in [0.4, 0.5) is 0 Å². The van der Waals surface area contributed by atoms with Crippen LogP contribution in [-0.2, 0) is 45.9 Å². The molecule has 302 valence electrons. The molecule has 5 N–H and O–H groups in total. The summed E-state index contributed by atoms with van der Waals surface area (Å²) in [5, 5.41) is 30.0. The van der Waals surface area contributed by atoms with E-state index in [0.717, 1.165) is 47.9 Å². The van der Waals surface area contributed by atoms with E-state index in [9.17, 15) is 14.4 Å². The molecular formula is C39H48N10O8. The molecule has 0 radical (unpaired) electrons. The largest absolute Gasteiger partial charge is 0.467 e. The molecule has 4 atom stereocenters. The molecule has 0 saturated heterocycles. The number of nitrogens with zero attached hydrogens (tertiary/aromatic N) is 7. The summed E-state index contributed by atoms with van der Waals surface area (Å²) >= 11 is 0. The average Bonchev–Trinajstić information content (AvgIpc) is 4.09. The lowest BCUT2D eigenvalue weighted by Gasteiger charge is -2.13. The van der Waals surface area contributed by atoms with Crippen molar-refractivity contribution < 1.29 is 38.3 Å². The highest BCUT2D eigenvalue weighted by atomic mass is 16.6. The Balaban J connectivity index is 0.000000186. The van der Waals surface area contributed by atoms with E-state index in [1.54, 1.807) is 68.3 Å². The Morgan fingerprint density at radius 1 is 0.860 bits per heavy atom. The number of carbonyl (C=O) groups excluding carboxylic acids is 3. The zero-order valence-corrected chi connectivity index (χ0v) is 32.9. The van der Waals surface area contributed by atoms with Gasteiger partial charge in [-0.15, -0.1) is 0 Å². The molecule has 18 nitrogen and oxygen atoms in total. The molecular weight excluding hydrogens is 736 g/mol. The van der Waals surface area contributed by atoms with Crippen LogP contribution in [0, 0.1) is 0 Å². The summed E-state index contributed by atoms with van der Waals surface area (Å²) in [7, 11) is 7.96. The highest BCUT2D eigenvalue weighted by molar-refractivity contribution is 5.97. The summed E-state index contributed by atoms with van der Waals surface area (Å²) in [6.45, 7) is 3.49. The number of esters is 1. The van der Waals surface area contributed by atoms with Crippen molar-refractivity contribution in [3.05, 3.63) is 106 Å². The lowest BCUT2D eigenvalue weighted by molar-refractivity contribution is -0.151. The summed E-state index contributed by atoms with van der Waals surface area (Å²) in [5.41, 5.74) is 12.8. The Labute approximate surface area is 329 Å². The Bertz CT molecular complexity index is 2210. The number of amides is 2. The van der Waals surface area contributed by atoms with Gasteiger partial charge in [0.25, 0.3) is 17.7 Å². The third-order valence-corrected chi connectivity index (χ3v) is 9.68. The van der Waals surface area contributed by atoms with Crippen LogP contribution in [-0.4, -0.2) is 86.0 Å². The Morgan fingerprint density at radius 3 is 1.89 bits per heavy atom. The fourth-order valence-corrected chi connectivity index (χ4v) is 6.33. The molecule has 2 unspecified atom stereocenters. The Kier molecular flexibility index (Phi) is 13.9. The number of nitrogens with one attached hydrogen (secondary N) is 2. The van der Waals surface area contributed by atoms with Crippen molar-refractivity contribution in [2.75, 3.05) is 21.3 Å². The van der Waals surface area contributed by atoms with Crippen molar-refractivity contribution in [1.82, 2.24) is 40.3 Å². The van der Waals surface area contributed by atoms with Crippen LogP contribution in [0.15, 0.2) is 70.9 Å². The molecule has 2 aliphatic carbocycles. The molecule has 5 aromatic rings. The van der Waals surface area contributed by atoms with Crippen LogP contribution < -0.4 is 16.4 Å². The van der Waals surface area contributed by atoms with Gasteiger partial charge in [0.15, 0.2) is 11.9 Å². The standard InChI is InChI=1S/C19H21N5O3.C15H17N5O2.C5H10O3/c1-11(26-3)19-22-17(23-27-19)13-4-6-15-12(8-13)5-7-16(15)21-18(25)14-9-20-24(2)10-14;1-20-8-11(7-17-20)15(21)18-13-5-3-9-6-10(14(16)19-22)2-4-12(9)13;1-4(7-2)5(6)8-3/h4,6,8-11,16H,5,7H2,1-3H3,(H,21,25);2,4,6-8,13,22H,3,5H2,1H3,(H2,16,19)(H,18,21);4H,1-3H3/t11?,16-;13-;/m11./s1. The fourth-order valence-electron chi connectivity index (χ4n) is 6.33. The summed E-state index contributed by atoms with van der Waals surface area (Å²) in [4.78, 5) is 39.4. The molecule has 18 heteroatoms. The second-order valence-corrected chi connectivity index (χ2v) is 13.5. The molecule has 7 rings (SSSR count). The van der Waals surface area contributed by atoms with E-state index in [2.05, 4.69) is 51.7 Å². The smallest absolute Gasteiger partial charge is 0.334 e. The first kappa shape index (κ1) is 41.8. The van der Waals surface area contributed by atoms with Crippen LogP contribution in [0.5, 0.6) is 0 Å². The number of aryl methyl sites for hydroxylation is 4. The predicted octanol–water partition coefficient (Wildman–Crippen LogP) is 3.72. The summed E-state index contributed by atoms with van der Waals surface area (Å²) < 4.78 is 22.7. The average molecular weight is 785 g/mol. The number of benzene rings is 2. The fraction of sp³-hybridized carbons (Fsp3) is 0.385. The number of fused-ring (bicyclic) bond motifs is 2. The van der Waals surface area contributed by atoms with Gasteiger partial charge in [-0.1, -0.05) is 34.6 Å². The number of aromatic nitrogens is 6. The number of ether oxygens (including phenoxy) is 3. The van der Waals surface area contributed by atoms with Gasteiger partial charge >= 0.3 is 5.97 Å². The number of rotatable bonds is 10. The molecule has 57 heavy (non-hydrogen) atoms. The molecule has 3 aromatic heterocycles. The highest BCUT2D eigenvalue weighted by Gasteiger charge is 2.27. The topological polar surface area (TPSA) is 236 Å². The van der Waals surface area contributed by atoms with Crippen molar-refractivity contribution in [3.63, 3.8) is 0 Å². The third kappa shape index (κ3) is 10.3. The maximum atomic E-state index is 12.4. The maximum absolute atomic E-state index is 12.4. The quantitative estimate of drug-likeness (QED) is 0.0520. The van der Waals surface area contributed by atoms with Gasteiger partial charge in [-0.3, -0.25) is 19.0 Å². The van der Waals surface area contributed by atoms with E-state index in [-0.39, 0.29) is 41.8 Å². The van der Waals surface area contributed by atoms with Crippen molar-refractivity contribution in [2.24, 2.45) is 25.0 Å². The number of oxime groups is 1. The summed E-state index contributed by atoms with van der Waals surface area (Å²) in [6, 6.07) is 11.6. The minimum Gasteiger partial charge on any atom is -0.467 e. The number of nitrogens with two attached hydrogens (primary N) is 1. The number of hydrogen-bond acceptors (Lipinski definition) is 13. The van der Waals surface area contributed by atoms with Crippen molar-refractivity contribution in [2.45, 2.75) is 63.8 Å². The molecule has 2 amide bonds. The van der Waals surface area contributed by atoms with E-state index >= 15 is 0 Å². The van der Waals surface area contributed by atoms with E-state index in [1.165, 1.54) is 19.8 Å². The monoisotopic (exact) mass is 784 g/mol. The molecule has 0 fully saturated rings. The first-order chi connectivity index (χ1) is 27.3. The van der Waals surface area contributed by atoms with Crippen molar-refractivity contribution >= 4 is 23.6 Å². The predicted molar refractivity (Wildman–Crippen MR) is 206 cm³/mol. The second kappa shape index (κ2) is 19.0. The van der Waals surface area contributed by atoms with Gasteiger partial charge in [-0.25, -0.2) is 4.79 Å². The first-order valence-corrected chi connectivity index (χ1v) is 18.2. The zero-order chi connectivity index (χ0) is 41.2. The third-order valence-electron chi connectivity index (χ3n) is 9.68. The van der Waals surface area contributed by atoms with E-state index in [0.29, 0.717) is 28.4 Å². The zero-order valence-electron chi connectivity index (χ0n) is 32.9. The molecule has 2 aliphatic rings. The number of carbonyl (C=O) groups is 3. The van der Waals surface area contributed by atoms with E-state index in [4.69, 9.17) is 20.2 Å². The number of amidine groups is 1. The summed E-state index contributed by atoms with van der Waals surface area (Å²) in [6.07, 6.45) is 9.27. The molecule has 0 aliphatic heterocycles. The van der Waals surface area contributed by atoms with Crippen LogP contribution >= 0.6 is 0 Å². The van der Waals surface area contributed by atoms with Crippen molar-refractivity contribution in [3.8, 4) is 11.4 Å². The minimum atomic E-state index is -0.444. The van der Waals surface area contributed by atoms with E-state index in [1.807, 2.05) is 31.2 Å². The van der Waals surface area contributed by atoms with Gasteiger partial charge in [-0.05, 0) is 73.9 Å². The Hall–Kier alpha value is -6.40. The van der Waals surface area contributed by atoms with Crippen LogP contribution in [0.2, 0.25) is 0 Å². The normalized spacial score (nSPS) is 16.5. The van der Waals surface area contributed by atoms with Gasteiger partial charge in [0.2, 0.25) is 5.82 Å². The lowest BCUT2D eigenvalue weighted by atomic mass is 10.0.